The Balaban J connectivity index is 0.000000537. The van der Waals surface area contributed by atoms with Crippen LogP contribution in [0, 0.1) is 6.92 Å². The van der Waals surface area contributed by atoms with Gasteiger partial charge in [-0.05, 0) is 42.8 Å². The maximum atomic E-state index is 11.6. The van der Waals surface area contributed by atoms with Gasteiger partial charge < -0.3 is 0 Å². The molecule has 0 unspecified atom stereocenters. The smallest absolute Gasteiger partial charge is 0.264 e. The van der Waals surface area contributed by atoms with Crippen molar-refractivity contribution in [3.63, 3.8) is 0 Å². The molecule has 2 N–H and O–H groups in total. The molecule has 0 saturated heterocycles. The van der Waals surface area contributed by atoms with E-state index in [1.54, 1.807) is 36.7 Å². The van der Waals surface area contributed by atoms with Crippen LogP contribution in [0.4, 0.5) is 0 Å². The zero-order valence-corrected chi connectivity index (χ0v) is 17.7. The SMILES string of the molecule is Cc1ccc(-c2ncc(Cl)cc2-c2ccc(S(C)(=O)=O)cc2)cn1.O=S(=O)(O)O. The summed E-state index contributed by atoms with van der Waals surface area (Å²) in [5.74, 6) is 0. The first-order valence-electron chi connectivity index (χ1n) is 7.93. The fraction of sp³-hybridized carbons (Fsp3) is 0.111. The van der Waals surface area contributed by atoms with E-state index in [1.807, 2.05) is 25.1 Å². The van der Waals surface area contributed by atoms with Crippen molar-refractivity contribution in [3.8, 4) is 22.4 Å². The Morgan fingerprint density at radius 3 is 1.90 bits per heavy atom. The van der Waals surface area contributed by atoms with Crippen LogP contribution in [0.2, 0.25) is 5.02 Å². The molecule has 0 bridgehead atoms. The van der Waals surface area contributed by atoms with Gasteiger partial charge in [0.2, 0.25) is 0 Å². The van der Waals surface area contributed by atoms with Crippen LogP contribution >= 0.6 is 11.6 Å². The van der Waals surface area contributed by atoms with Gasteiger partial charge in [-0.25, -0.2) is 8.42 Å². The molecule has 0 aliphatic carbocycles. The van der Waals surface area contributed by atoms with Gasteiger partial charge in [0.05, 0.1) is 15.6 Å². The van der Waals surface area contributed by atoms with Gasteiger partial charge in [0.15, 0.2) is 9.84 Å². The molecular formula is C18H17ClN2O6S2. The minimum atomic E-state index is -4.67. The molecule has 0 fully saturated rings. The zero-order valence-electron chi connectivity index (χ0n) is 15.3. The Kier molecular flexibility index (Phi) is 7.09. The molecule has 29 heavy (non-hydrogen) atoms. The molecular weight excluding hydrogens is 440 g/mol. The van der Waals surface area contributed by atoms with E-state index in [0.29, 0.717) is 5.02 Å². The first-order chi connectivity index (χ1) is 13.3. The van der Waals surface area contributed by atoms with Gasteiger partial charge in [-0.2, -0.15) is 8.42 Å². The molecule has 0 saturated carbocycles. The molecule has 0 aliphatic heterocycles. The monoisotopic (exact) mass is 456 g/mol. The number of pyridine rings is 2. The molecule has 2 aromatic heterocycles. The summed E-state index contributed by atoms with van der Waals surface area (Å²) < 4.78 is 54.8. The second-order valence-corrected chi connectivity index (χ2v) is 9.33. The summed E-state index contributed by atoms with van der Waals surface area (Å²) in [6.45, 7) is 1.92. The quantitative estimate of drug-likeness (QED) is 0.571. The van der Waals surface area contributed by atoms with Crippen molar-refractivity contribution < 1.29 is 25.9 Å². The number of nitrogens with zero attached hydrogens (tertiary/aromatic N) is 2. The normalized spacial score (nSPS) is 11.5. The topological polar surface area (TPSA) is 135 Å². The van der Waals surface area contributed by atoms with Crippen molar-refractivity contribution in [1.29, 1.82) is 0 Å². The maximum absolute atomic E-state index is 11.6. The highest BCUT2D eigenvalue weighted by Crippen LogP contribution is 2.32. The summed E-state index contributed by atoms with van der Waals surface area (Å²) in [7, 11) is -7.90. The second-order valence-electron chi connectivity index (χ2n) is 5.98. The highest BCUT2D eigenvalue weighted by atomic mass is 35.5. The van der Waals surface area contributed by atoms with Crippen LogP contribution in [-0.2, 0) is 20.2 Å². The Hall–Kier alpha value is -2.37. The highest BCUT2D eigenvalue weighted by Gasteiger charge is 2.12. The Bertz CT molecular complexity index is 1200. The van der Waals surface area contributed by atoms with Crippen molar-refractivity contribution in [2.75, 3.05) is 6.26 Å². The maximum Gasteiger partial charge on any atom is 0.394 e. The summed E-state index contributed by atoms with van der Waals surface area (Å²) in [4.78, 5) is 9.02. The summed E-state index contributed by atoms with van der Waals surface area (Å²) in [5, 5.41) is 0.515. The van der Waals surface area contributed by atoms with Crippen molar-refractivity contribution in [1.82, 2.24) is 9.97 Å². The predicted octanol–water partition coefficient (Wildman–Crippen LogP) is 3.52. The summed E-state index contributed by atoms with van der Waals surface area (Å²) in [5.41, 5.74) is 4.21. The Morgan fingerprint density at radius 2 is 1.41 bits per heavy atom. The first-order valence-corrected chi connectivity index (χ1v) is 11.6. The van der Waals surface area contributed by atoms with Crippen LogP contribution in [0.1, 0.15) is 5.69 Å². The van der Waals surface area contributed by atoms with Crippen LogP contribution in [0.5, 0.6) is 0 Å². The number of rotatable bonds is 3. The second kappa shape index (κ2) is 8.97. The minimum absolute atomic E-state index is 0.278. The van der Waals surface area contributed by atoms with E-state index in [0.717, 1.165) is 28.1 Å². The molecule has 0 atom stereocenters. The van der Waals surface area contributed by atoms with Gasteiger partial charge >= 0.3 is 10.4 Å². The van der Waals surface area contributed by atoms with Crippen molar-refractivity contribution >= 4 is 31.8 Å². The molecule has 11 heteroatoms. The number of hydrogen-bond donors (Lipinski definition) is 2. The number of aryl methyl sites for hydroxylation is 1. The minimum Gasteiger partial charge on any atom is -0.264 e. The van der Waals surface area contributed by atoms with Crippen molar-refractivity contribution in [3.05, 3.63) is 65.6 Å². The fourth-order valence-electron chi connectivity index (χ4n) is 2.38. The average molecular weight is 457 g/mol. The van der Waals surface area contributed by atoms with Gasteiger partial charge in [0.1, 0.15) is 0 Å². The lowest BCUT2D eigenvalue weighted by molar-refractivity contribution is 0.381. The van der Waals surface area contributed by atoms with Crippen molar-refractivity contribution in [2.45, 2.75) is 11.8 Å². The highest BCUT2D eigenvalue weighted by molar-refractivity contribution is 7.90. The summed E-state index contributed by atoms with van der Waals surface area (Å²) in [6.07, 6.45) is 4.54. The lowest BCUT2D eigenvalue weighted by Crippen LogP contribution is -1.97. The molecule has 8 nitrogen and oxygen atoms in total. The number of aromatic nitrogens is 2. The number of benzene rings is 1. The number of halogens is 1. The standard InChI is InChI=1S/C18H15ClN2O2S.H2O4S/c1-12-3-4-14(10-20-12)18-17(9-15(19)11-21-18)13-5-7-16(8-6-13)24(2,22)23;1-5(2,3)4/h3-11H,1-2H3;(H2,1,2,3,4). The van der Waals surface area contributed by atoms with Crippen LogP contribution in [0.15, 0.2) is 59.8 Å². The third-order valence-electron chi connectivity index (χ3n) is 3.63. The molecule has 0 amide bonds. The zero-order chi connectivity index (χ0) is 21.8. The van der Waals surface area contributed by atoms with Gasteiger partial charge in [-0.1, -0.05) is 23.7 Å². The van der Waals surface area contributed by atoms with E-state index < -0.39 is 20.2 Å². The first kappa shape index (κ1) is 22.9. The lowest BCUT2D eigenvalue weighted by atomic mass is 10.0. The molecule has 154 valence electrons. The average Bonchev–Trinajstić information content (AvgIpc) is 2.60. The number of sulfone groups is 1. The molecule has 2 heterocycles. The van der Waals surface area contributed by atoms with Crippen molar-refractivity contribution in [2.24, 2.45) is 0 Å². The largest absolute Gasteiger partial charge is 0.394 e. The van der Waals surface area contributed by atoms with Gasteiger partial charge in [-0.3, -0.25) is 19.1 Å². The molecule has 3 aromatic rings. The fourth-order valence-corrected chi connectivity index (χ4v) is 3.17. The third kappa shape index (κ3) is 7.18. The van der Waals surface area contributed by atoms with Crippen LogP contribution < -0.4 is 0 Å². The van der Waals surface area contributed by atoms with E-state index >= 15 is 0 Å². The Morgan fingerprint density at radius 1 is 0.862 bits per heavy atom. The van der Waals surface area contributed by atoms with E-state index in [1.165, 1.54) is 6.26 Å². The summed E-state index contributed by atoms with van der Waals surface area (Å²) in [6, 6.07) is 12.4. The number of hydrogen-bond acceptors (Lipinski definition) is 6. The third-order valence-corrected chi connectivity index (χ3v) is 4.97. The van der Waals surface area contributed by atoms with E-state index in [-0.39, 0.29) is 4.90 Å². The molecule has 3 rings (SSSR count). The molecule has 1 aromatic carbocycles. The van der Waals surface area contributed by atoms with E-state index in [9.17, 15) is 8.42 Å². The molecule has 0 spiro atoms. The van der Waals surface area contributed by atoms with Crippen LogP contribution in [0.25, 0.3) is 22.4 Å². The van der Waals surface area contributed by atoms with E-state index in [2.05, 4.69) is 9.97 Å². The molecule has 0 radical (unpaired) electrons. The van der Waals surface area contributed by atoms with Gasteiger partial charge in [0, 0.05) is 35.5 Å². The van der Waals surface area contributed by atoms with Crippen LogP contribution in [-0.4, -0.2) is 42.2 Å². The predicted molar refractivity (Wildman–Crippen MR) is 110 cm³/mol. The molecule has 0 aliphatic rings. The lowest BCUT2D eigenvalue weighted by Gasteiger charge is -2.10. The van der Waals surface area contributed by atoms with E-state index in [4.69, 9.17) is 29.1 Å². The Labute approximate surface area is 173 Å². The summed E-state index contributed by atoms with van der Waals surface area (Å²) >= 11 is 6.11. The van der Waals surface area contributed by atoms with Gasteiger partial charge in [-0.15, -0.1) is 0 Å². The van der Waals surface area contributed by atoms with Crippen LogP contribution in [0.3, 0.4) is 0 Å². The van der Waals surface area contributed by atoms with Gasteiger partial charge in [0.25, 0.3) is 0 Å².